The third kappa shape index (κ3) is 1.96. The highest BCUT2D eigenvalue weighted by Gasteiger charge is 2.29. The molecule has 0 aromatic rings. The summed E-state index contributed by atoms with van der Waals surface area (Å²) in [5.74, 6) is 0. The smallest absolute Gasteiger partial charge is 0.0835 e. The molecule has 0 bridgehead atoms. The monoisotopic (exact) mass is 146 g/mol. The first-order valence-corrected chi connectivity index (χ1v) is 3.57. The Bertz CT molecular complexity index is 93.3. The van der Waals surface area contributed by atoms with Crippen LogP contribution in [0.5, 0.6) is 0 Å². The van der Waals surface area contributed by atoms with Gasteiger partial charge in [0.1, 0.15) is 0 Å². The third-order valence-corrected chi connectivity index (χ3v) is 1.81. The van der Waals surface area contributed by atoms with Crippen LogP contribution < -0.4 is 0 Å². The van der Waals surface area contributed by atoms with E-state index in [1.165, 1.54) is 0 Å². The molecule has 0 amide bonds. The first-order valence-electron chi connectivity index (χ1n) is 3.57. The van der Waals surface area contributed by atoms with E-state index in [1.807, 2.05) is 13.8 Å². The van der Waals surface area contributed by atoms with Crippen molar-refractivity contribution in [3.63, 3.8) is 0 Å². The Balaban J connectivity index is 0.000000810. The van der Waals surface area contributed by atoms with Crippen molar-refractivity contribution in [2.45, 2.75) is 52.4 Å². The maximum absolute atomic E-state index is 9.23. The fourth-order valence-corrected chi connectivity index (χ4v) is 1.30. The molecule has 0 aromatic carbocycles. The maximum Gasteiger partial charge on any atom is 0.0835 e. The van der Waals surface area contributed by atoms with E-state index in [0.717, 1.165) is 12.8 Å². The van der Waals surface area contributed by atoms with Crippen molar-refractivity contribution in [3.8, 4) is 0 Å². The maximum atomic E-state index is 9.23. The van der Waals surface area contributed by atoms with Gasteiger partial charge in [-0.1, -0.05) is 14.4 Å². The Morgan fingerprint density at radius 1 is 1.60 bits per heavy atom. The van der Waals surface area contributed by atoms with Gasteiger partial charge in [-0.2, -0.15) is 0 Å². The Hall–Kier alpha value is -0.0800. The molecule has 0 aliphatic carbocycles. The summed E-state index contributed by atoms with van der Waals surface area (Å²) in [6.07, 6.45) is 1.86. The van der Waals surface area contributed by atoms with Crippen molar-refractivity contribution in [2.24, 2.45) is 0 Å². The molecule has 2 heteroatoms. The van der Waals surface area contributed by atoms with Crippen molar-refractivity contribution in [1.82, 2.24) is 0 Å². The zero-order valence-electron chi connectivity index (χ0n) is 6.00. The first kappa shape index (κ1) is 9.92. The first-order chi connectivity index (χ1) is 4.24. The molecule has 1 fully saturated rings. The predicted molar refractivity (Wildman–Crippen MR) is 42.0 cm³/mol. The van der Waals surface area contributed by atoms with Gasteiger partial charge >= 0.3 is 0 Å². The fourth-order valence-electron chi connectivity index (χ4n) is 1.30. The minimum absolute atomic E-state index is 0. The molecular formula is C8H18O2. The van der Waals surface area contributed by atoms with E-state index < -0.39 is 0 Å². The molecule has 0 spiro atoms. The number of aliphatic hydroxyl groups excluding tert-OH is 1. The number of hydrogen-bond donors (Lipinski definition) is 1. The van der Waals surface area contributed by atoms with Crippen LogP contribution in [0.4, 0.5) is 0 Å². The van der Waals surface area contributed by atoms with Crippen molar-refractivity contribution in [2.75, 3.05) is 0 Å². The van der Waals surface area contributed by atoms with E-state index in [4.69, 9.17) is 4.74 Å². The Kier molecular flexibility index (Phi) is 3.91. The molecular weight excluding hydrogens is 128 g/mol. The van der Waals surface area contributed by atoms with Gasteiger partial charge in [0, 0.05) is 6.42 Å². The molecule has 1 unspecified atom stereocenters. The Labute approximate surface area is 63.2 Å². The second-order valence-corrected chi connectivity index (χ2v) is 2.70. The summed E-state index contributed by atoms with van der Waals surface area (Å²) in [7, 11) is 0. The highest BCUT2D eigenvalue weighted by atomic mass is 16.5. The third-order valence-electron chi connectivity index (χ3n) is 1.81. The molecule has 0 saturated carbocycles. The van der Waals surface area contributed by atoms with E-state index in [2.05, 4.69) is 0 Å². The Morgan fingerprint density at radius 2 is 2.20 bits per heavy atom. The van der Waals surface area contributed by atoms with Crippen LogP contribution in [0, 0.1) is 0 Å². The van der Waals surface area contributed by atoms with Gasteiger partial charge in [-0.05, 0) is 13.3 Å². The average Bonchev–Trinajstić information content (AvgIpc) is 2.10. The molecule has 1 aliphatic rings. The molecule has 1 aliphatic heterocycles. The Morgan fingerprint density at radius 3 is 2.40 bits per heavy atom. The molecule has 3 atom stereocenters. The summed E-state index contributed by atoms with van der Waals surface area (Å²) >= 11 is 0. The molecule has 0 radical (unpaired) electrons. The molecule has 1 rings (SSSR count). The lowest BCUT2D eigenvalue weighted by molar-refractivity contribution is 0.0144. The van der Waals surface area contributed by atoms with Gasteiger partial charge in [-0.3, -0.25) is 0 Å². The lowest BCUT2D eigenvalue weighted by Gasteiger charge is -2.09. The predicted octanol–water partition coefficient (Wildman–Crippen LogP) is 1.57. The number of aliphatic hydroxyl groups is 1. The largest absolute Gasteiger partial charge is 0.390 e. The van der Waals surface area contributed by atoms with Crippen molar-refractivity contribution >= 4 is 0 Å². The zero-order valence-corrected chi connectivity index (χ0v) is 6.00. The van der Waals surface area contributed by atoms with Crippen LogP contribution in [0.25, 0.3) is 0 Å². The highest BCUT2D eigenvalue weighted by Crippen LogP contribution is 2.21. The van der Waals surface area contributed by atoms with Gasteiger partial charge in [-0.15, -0.1) is 0 Å². The molecule has 0 aromatic heterocycles. The fraction of sp³-hybridized carbons (Fsp3) is 1.00. The van der Waals surface area contributed by atoms with E-state index in [0.29, 0.717) is 0 Å². The molecule has 2 nitrogen and oxygen atoms in total. The van der Waals surface area contributed by atoms with E-state index in [9.17, 15) is 5.11 Å². The lowest BCUT2D eigenvalue weighted by atomic mass is 10.1. The number of hydrogen-bond acceptors (Lipinski definition) is 2. The second-order valence-electron chi connectivity index (χ2n) is 2.70. The van der Waals surface area contributed by atoms with Gasteiger partial charge in [0.25, 0.3) is 0 Å². The van der Waals surface area contributed by atoms with Crippen molar-refractivity contribution in [3.05, 3.63) is 0 Å². The van der Waals surface area contributed by atoms with Crippen molar-refractivity contribution < 1.29 is 9.84 Å². The van der Waals surface area contributed by atoms with Crippen LogP contribution in [0.1, 0.15) is 34.1 Å². The standard InChI is InChI=1S/C7H14O2.CH4/c1-3-7-6(8)4-5(2)9-7;/h5-8H,3-4H2,1-2H3;1H4/t5-,6?,7+;/m0./s1. The zero-order chi connectivity index (χ0) is 6.85. The van der Waals surface area contributed by atoms with Crippen LogP contribution in [0.15, 0.2) is 0 Å². The van der Waals surface area contributed by atoms with E-state index in [1.54, 1.807) is 0 Å². The van der Waals surface area contributed by atoms with Gasteiger partial charge < -0.3 is 9.84 Å². The van der Waals surface area contributed by atoms with Crippen LogP contribution in [-0.4, -0.2) is 23.4 Å². The van der Waals surface area contributed by atoms with Gasteiger partial charge in [0.15, 0.2) is 0 Å². The summed E-state index contributed by atoms with van der Waals surface area (Å²) in [6, 6.07) is 0. The molecule has 62 valence electrons. The summed E-state index contributed by atoms with van der Waals surface area (Å²) in [5, 5.41) is 9.23. The molecule has 1 saturated heterocycles. The minimum Gasteiger partial charge on any atom is -0.390 e. The van der Waals surface area contributed by atoms with Gasteiger partial charge in [-0.25, -0.2) is 0 Å². The summed E-state index contributed by atoms with van der Waals surface area (Å²) < 4.78 is 5.37. The molecule has 10 heavy (non-hydrogen) atoms. The van der Waals surface area contributed by atoms with Gasteiger partial charge in [0.2, 0.25) is 0 Å². The molecule has 1 heterocycles. The number of rotatable bonds is 1. The normalized spacial score (nSPS) is 39.3. The highest BCUT2D eigenvalue weighted by molar-refractivity contribution is 4.78. The molecule has 1 N–H and O–H groups in total. The minimum atomic E-state index is -0.218. The van der Waals surface area contributed by atoms with Crippen LogP contribution in [-0.2, 0) is 4.74 Å². The van der Waals surface area contributed by atoms with E-state index in [-0.39, 0.29) is 25.7 Å². The topological polar surface area (TPSA) is 29.5 Å². The van der Waals surface area contributed by atoms with Crippen molar-refractivity contribution in [1.29, 1.82) is 0 Å². The lowest BCUT2D eigenvalue weighted by Crippen LogP contribution is -2.18. The van der Waals surface area contributed by atoms with Crippen LogP contribution in [0.2, 0.25) is 0 Å². The van der Waals surface area contributed by atoms with Crippen LogP contribution in [0.3, 0.4) is 0 Å². The SMILES string of the molecule is C.CC[C@H]1O[C@@H](C)CC1O. The average molecular weight is 146 g/mol. The number of ether oxygens (including phenoxy) is 1. The summed E-state index contributed by atoms with van der Waals surface area (Å²) in [4.78, 5) is 0. The quantitative estimate of drug-likeness (QED) is 0.608. The summed E-state index contributed by atoms with van der Waals surface area (Å²) in [6.45, 7) is 4.03. The summed E-state index contributed by atoms with van der Waals surface area (Å²) in [5.41, 5.74) is 0. The second kappa shape index (κ2) is 3.94. The van der Waals surface area contributed by atoms with Crippen LogP contribution >= 0.6 is 0 Å². The van der Waals surface area contributed by atoms with E-state index >= 15 is 0 Å². The van der Waals surface area contributed by atoms with Gasteiger partial charge in [0.05, 0.1) is 18.3 Å².